The Bertz CT molecular complexity index is 706. The first-order valence-electron chi connectivity index (χ1n) is 9.27. The Hall–Kier alpha value is -2.49. The van der Waals surface area contributed by atoms with Crippen LogP contribution in [0.1, 0.15) is 38.2 Å². The van der Waals surface area contributed by atoms with E-state index < -0.39 is 5.41 Å². The third-order valence-electron chi connectivity index (χ3n) is 5.16. The summed E-state index contributed by atoms with van der Waals surface area (Å²) < 4.78 is 10.9. The second kappa shape index (κ2) is 8.26. The summed E-state index contributed by atoms with van der Waals surface area (Å²) in [5, 5.41) is 3.17. The molecule has 2 aromatic carbocycles. The average molecular weight is 353 g/mol. The monoisotopic (exact) mass is 353 g/mol. The molecule has 4 nitrogen and oxygen atoms in total. The Kier molecular flexibility index (Phi) is 5.82. The lowest BCUT2D eigenvalue weighted by atomic mass is 9.78. The molecule has 3 rings (SSSR count). The predicted octanol–water partition coefficient (Wildman–Crippen LogP) is 4.09. The topological polar surface area (TPSA) is 47.6 Å². The third kappa shape index (κ3) is 4.01. The van der Waals surface area contributed by atoms with Gasteiger partial charge in [-0.25, -0.2) is 0 Å². The van der Waals surface area contributed by atoms with Gasteiger partial charge in [0.1, 0.15) is 18.1 Å². The van der Waals surface area contributed by atoms with Crippen LogP contribution in [0.4, 0.5) is 0 Å². The standard InChI is InChI=1S/C22H27NO3/c1-17(16-26-20-12-10-19(25-2)11-13-20)23-21(24)22(14-6-7-15-22)18-8-4-3-5-9-18/h3-5,8-13,17H,6-7,14-16H2,1-2H3,(H,23,24)/t17-/m0/s1. The number of amides is 1. The molecule has 0 spiro atoms. The average Bonchev–Trinajstić information content (AvgIpc) is 3.19. The lowest BCUT2D eigenvalue weighted by Gasteiger charge is -2.30. The summed E-state index contributed by atoms with van der Waals surface area (Å²) in [4.78, 5) is 13.1. The molecule has 0 saturated heterocycles. The molecular weight excluding hydrogens is 326 g/mol. The van der Waals surface area contributed by atoms with Gasteiger partial charge in [-0.2, -0.15) is 0 Å². The molecule has 26 heavy (non-hydrogen) atoms. The fraction of sp³-hybridized carbons (Fsp3) is 0.409. The van der Waals surface area contributed by atoms with E-state index in [0.29, 0.717) is 6.61 Å². The van der Waals surface area contributed by atoms with Gasteiger partial charge in [-0.05, 0) is 49.6 Å². The number of nitrogens with one attached hydrogen (secondary N) is 1. The summed E-state index contributed by atoms with van der Waals surface area (Å²) >= 11 is 0. The number of carbonyl (C=O) groups is 1. The molecule has 4 heteroatoms. The quantitative estimate of drug-likeness (QED) is 0.815. The Labute approximate surface area is 155 Å². The van der Waals surface area contributed by atoms with Crippen molar-refractivity contribution in [3.63, 3.8) is 0 Å². The van der Waals surface area contributed by atoms with E-state index in [9.17, 15) is 4.79 Å². The molecule has 0 bridgehead atoms. The van der Waals surface area contributed by atoms with Gasteiger partial charge < -0.3 is 14.8 Å². The summed E-state index contributed by atoms with van der Waals surface area (Å²) in [6.07, 6.45) is 4.02. The van der Waals surface area contributed by atoms with Gasteiger partial charge in [-0.1, -0.05) is 43.2 Å². The molecule has 138 valence electrons. The maximum atomic E-state index is 13.1. The van der Waals surface area contributed by atoms with E-state index in [2.05, 4.69) is 17.4 Å². The molecule has 0 heterocycles. The molecule has 1 aliphatic rings. The van der Waals surface area contributed by atoms with Crippen LogP contribution in [-0.4, -0.2) is 25.7 Å². The Balaban J connectivity index is 1.60. The largest absolute Gasteiger partial charge is 0.497 e. The number of carbonyl (C=O) groups excluding carboxylic acids is 1. The van der Waals surface area contributed by atoms with Crippen molar-refractivity contribution in [3.8, 4) is 11.5 Å². The zero-order chi connectivity index (χ0) is 18.4. The van der Waals surface area contributed by atoms with Crippen molar-refractivity contribution in [1.82, 2.24) is 5.32 Å². The number of hydrogen-bond donors (Lipinski definition) is 1. The van der Waals surface area contributed by atoms with Crippen LogP contribution in [-0.2, 0) is 10.2 Å². The fourth-order valence-corrected chi connectivity index (χ4v) is 3.68. The number of rotatable bonds is 7. The number of hydrogen-bond acceptors (Lipinski definition) is 3. The van der Waals surface area contributed by atoms with E-state index in [-0.39, 0.29) is 11.9 Å². The van der Waals surface area contributed by atoms with E-state index in [4.69, 9.17) is 9.47 Å². The highest BCUT2D eigenvalue weighted by Gasteiger charge is 2.42. The molecule has 0 radical (unpaired) electrons. The zero-order valence-corrected chi connectivity index (χ0v) is 15.5. The highest BCUT2D eigenvalue weighted by atomic mass is 16.5. The van der Waals surface area contributed by atoms with Crippen molar-refractivity contribution in [2.45, 2.75) is 44.1 Å². The van der Waals surface area contributed by atoms with Crippen LogP contribution < -0.4 is 14.8 Å². The number of ether oxygens (including phenoxy) is 2. The van der Waals surface area contributed by atoms with Gasteiger partial charge in [0.15, 0.2) is 0 Å². The van der Waals surface area contributed by atoms with Crippen LogP contribution in [0.2, 0.25) is 0 Å². The van der Waals surface area contributed by atoms with Crippen LogP contribution in [0.3, 0.4) is 0 Å². The Morgan fingerprint density at radius 2 is 1.65 bits per heavy atom. The van der Waals surface area contributed by atoms with Crippen molar-refractivity contribution in [3.05, 3.63) is 60.2 Å². The first kappa shape index (κ1) is 18.3. The molecule has 0 aromatic heterocycles. The summed E-state index contributed by atoms with van der Waals surface area (Å²) in [5.74, 6) is 1.68. The molecule has 1 N–H and O–H groups in total. The minimum absolute atomic E-state index is 0.0641. The molecule has 0 aliphatic heterocycles. The summed E-state index contributed by atoms with van der Waals surface area (Å²) in [6, 6.07) is 17.6. The van der Waals surface area contributed by atoms with Gasteiger partial charge >= 0.3 is 0 Å². The van der Waals surface area contributed by atoms with Gasteiger partial charge in [-0.3, -0.25) is 4.79 Å². The van der Waals surface area contributed by atoms with Crippen LogP contribution >= 0.6 is 0 Å². The van der Waals surface area contributed by atoms with Crippen molar-refractivity contribution in [2.75, 3.05) is 13.7 Å². The summed E-state index contributed by atoms with van der Waals surface area (Å²) in [5.41, 5.74) is 0.730. The highest BCUT2D eigenvalue weighted by Crippen LogP contribution is 2.41. The second-order valence-electron chi connectivity index (χ2n) is 7.02. The molecule has 1 amide bonds. The number of methoxy groups -OCH3 is 1. The van der Waals surface area contributed by atoms with E-state index in [0.717, 1.165) is 42.7 Å². The molecule has 0 unspecified atom stereocenters. The van der Waals surface area contributed by atoms with Gasteiger partial charge in [0, 0.05) is 0 Å². The Morgan fingerprint density at radius 1 is 1.04 bits per heavy atom. The maximum Gasteiger partial charge on any atom is 0.230 e. The normalized spacial score (nSPS) is 16.7. The zero-order valence-electron chi connectivity index (χ0n) is 15.5. The molecule has 1 saturated carbocycles. The third-order valence-corrected chi connectivity index (χ3v) is 5.16. The fourth-order valence-electron chi connectivity index (χ4n) is 3.68. The van der Waals surface area contributed by atoms with Crippen LogP contribution in [0, 0.1) is 0 Å². The van der Waals surface area contributed by atoms with E-state index >= 15 is 0 Å². The minimum atomic E-state index is -0.393. The summed E-state index contributed by atoms with van der Waals surface area (Å²) in [7, 11) is 1.64. The van der Waals surface area contributed by atoms with Crippen molar-refractivity contribution < 1.29 is 14.3 Å². The van der Waals surface area contributed by atoms with Crippen LogP contribution in [0.5, 0.6) is 11.5 Å². The van der Waals surface area contributed by atoms with Crippen molar-refractivity contribution in [2.24, 2.45) is 0 Å². The smallest absolute Gasteiger partial charge is 0.230 e. The molecule has 1 aliphatic carbocycles. The number of benzene rings is 2. The predicted molar refractivity (Wildman–Crippen MR) is 103 cm³/mol. The van der Waals surface area contributed by atoms with Gasteiger partial charge in [0.25, 0.3) is 0 Å². The molecular formula is C22H27NO3. The lowest BCUT2D eigenvalue weighted by molar-refractivity contribution is -0.127. The first-order valence-corrected chi connectivity index (χ1v) is 9.27. The maximum absolute atomic E-state index is 13.1. The van der Waals surface area contributed by atoms with E-state index in [1.165, 1.54) is 0 Å². The van der Waals surface area contributed by atoms with Crippen LogP contribution in [0.25, 0.3) is 0 Å². The first-order chi connectivity index (χ1) is 12.6. The minimum Gasteiger partial charge on any atom is -0.497 e. The van der Waals surface area contributed by atoms with Gasteiger partial charge in [-0.15, -0.1) is 0 Å². The molecule has 1 fully saturated rings. The van der Waals surface area contributed by atoms with Gasteiger partial charge in [0.05, 0.1) is 18.6 Å². The van der Waals surface area contributed by atoms with E-state index in [1.807, 2.05) is 49.4 Å². The van der Waals surface area contributed by atoms with Crippen LogP contribution in [0.15, 0.2) is 54.6 Å². The molecule has 1 atom stereocenters. The highest BCUT2D eigenvalue weighted by molar-refractivity contribution is 5.88. The second-order valence-corrected chi connectivity index (χ2v) is 7.02. The molecule has 2 aromatic rings. The van der Waals surface area contributed by atoms with Gasteiger partial charge in [0.2, 0.25) is 5.91 Å². The van der Waals surface area contributed by atoms with Crippen molar-refractivity contribution >= 4 is 5.91 Å². The van der Waals surface area contributed by atoms with E-state index in [1.54, 1.807) is 7.11 Å². The SMILES string of the molecule is COc1ccc(OC[C@H](C)NC(=O)C2(c3ccccc3)CCCC2)cc1. The summed E-state index contributed by atoms with van der Waals surface area (Å²) in [6.45, 7) is 2.41. The van der Waals surface area contributed by atoms with Crippen molar-refractivity contribution in [1.29, 1.82) is 0 Å². The Morgan fingerprint density at radius 3 is 2.27 bits per heavy atom. The lowest BCUT2D eigenvalue weighted by Crippen LogP contribution is -2.47.